The van der Waals surface area contributed by atoms with Crippen LogP contribution < -0.4 is 4.90 Å². The van der Waals surface area contributed by atoms with Crippen LogP contribution in [-0.2, 0) is 9.53 Å². The highest BCUT2D eigenvalue weighted by Crippen LogP contribution is 2.29. The molecule has 0 saturated carbocycles. The molecule has 10 nitrogen and oxygen atoms in total. The van der Waals surface area contributed by atoms with Crippen molar-refractivity contribution >= 4 is 23.4 Å². The third-order valence-electron chi connectivity index (χ3n) is 4.19. The molecule has 1 amide bonds. The molecule has 1 aromatic rings. The first-order valence-electron chi connectivity index (χ1n) is 8.63. The first-order chi connectivity index (χ1) is 13.0. The van der Waals surface area contributed by atoms with Gasteiger partial charge in [0.05, 0.1) is 29.3 Å². The van der Waals surface area contributed by atoms with E-state index in [2.05, 4.69) is 0 Å². The zero-order valence-corrected chi connectivity index (χ0v) is 15.9. The number of non-ortho nitro benzene ring substituents is 1. The molecule has 1 unspecified atom stereocenters. The van der Waals surface area contributed by atoms with E-state index in [1.807, 2.05) is 26.8 Å². The summed E-state index contributed by atoms with van der Waals surface area (Å²) in [7, 11) is 0. The van der Waals surface area contributed by atoms with Gasteiger partial charge in [-0.25, -0.2) is 9.59 Å². The second-order valence-corrected chi connectivity index (χ2v) is 7.68. The molecular weight excluding hydrogens is 368 g/mol. The molecule has 1 fully saturated rings. The predicted octanol–water partition coefficient (Wildman–Crippen LogP) is 2.22. The average molecular weight is 390 g/mol. The summed E-state index contributed by atoms with van der Waals surface area (Å²) in [5, 5.41) is 29.7. The van der Waals surface area contributed by atoms with E-state index in [4.69, 9.17) is 4.74 Å². The van der Waals surface area contributed by atoms with Crippen molar-refractivity contribution in [3.8, 4) is 6.07 Å². The minimum atomic E-state index is -1.16. The number of nitriles is 1. The summed E-state index contributed by atoms with van der Waals surface area (Å²) in [5.74, 6) is -0.608. The van der Waals surface area contributed by atoms with Crippen LogP contribution in [0.25, 0.3) is 0 Å². The zero-order valence-electron chi connectivity index (χ0n) is 15.9. The maximum Gasteiger partial charge on any atom is 0.407 e. The second kappa shape index (κ2) is 8.12. The summed E-state index contributed by atoms with van der Waals surface area (Å²) in [5.41, 5.74) is -0.147. The van der Waals surface area contributed by atoms with E-state index in [1.54, 1.807) is 4.90 Å². The Morgan fingerprint density at radius 3 is 2.61 bits per heavy atom. The largest absolute Gasteiger partial charge is 0.465 e. The number of carbonyl (C=O) groups excluding carboxylic acids is 1. The lowest BCUT2D eigenvalue weighted by molar-refractivity contribution is -0.384. The number of ether oxygens (including phenoxy) is 1. The van der Waals surface area contributed by atoms with Crippen molar-refractivity contribution in [2.75, 3.05) is 31.1 Å². The van der Waals surface area contributed by atoms with Gasteiger partial charge in [0, 0.05) is 25.2 Å². The van der Waals surface area contributed by atoms with Crippen molar-refractivity contribution in [2.24, 2.45) is 5.41 Å². The van der Waals surface area contributed by atoms with Crippen LogP contribution in [0, 0.1) is 26.9 Å². The molecule has 0 aliphatic carbocycles. The van der Waals surface area contributed by atoms with Gasteiger partial charge in [0.1, 0.15) is 12.1 Å². The fourth-order valence-electron chi connectivity index (χ4n) is 2.81. The van der Waals surface area contributed by atoms with E-state index in [0.29, 0.717) is 5.69 Å². The molecule has 1 atom stereocenters. The number of carbonyl (C=O) groups is 2. The fourth-order valence-corrected chi connectivity index (χ4v) is 2.81. The predicted molar refractivity (Wildman–Crippen MR) is 99.0 cm³/mol. The van der Waals surface area contributed by atoms with E-state index in [9.17, 15) is 30.1 Å². The molecule has 28 heavy (non-hydrogen) atoms. The molecule has 1 saturated heterocycles. The third kappa shape index (κ3) is 4.88. The highest BCUT2D eigenvalue weighted by Gasteiger charge is 2.37. The molecule has 1 aliphatic heterocycles. The van der Waals surface area contributed by atoms with Crippen LogP contribution >= 0.6 is 0 Å². The number of hydrogen-bond acceptors (Lipinski definition) is 7. The monoisotopic (exact) mass is 390 g/mol. The molecule has 0 spiro atoms. The van der Waals surface area contributed by atoms with E-state index < -0.39 is 23.0 Å². The minimum absolute atomic E-state index is 0.0339. The van der Waals surface area contributed by atoms with Crippen LogP contribution in [-0.4, -0.2) is 59.3 Å². The molecule has 10 heteroatoms. The lowest BCUT2D eigenvalue weighted by Crippen LogP contribution is -2.58. The van der Waals surface area contributed by atoms with Crippen LogP contribution in [0.1, 0.15) is 26.3 Å². The number of esters is 1. The summed E-state index contributed by atoms with van der Waals surface area (Å²) in [6.45, 7) is 5.98. The SMILES string of the molecule is CC(C)(C)COC(=O)C1CN(C(=O)O)CCN1c1ccc([N+](=O)[O-])cc1C#N. The number of piperazine rings is 1. The Morgan fingerprint density at radius 1 is 1.39 bits per heavy atom. The van der Waals surface area contributed by atoms with E-state index in [-0.39, 0.29) is 42.9 Å². The number of anilines is 1. The topological polar surface area (TPSA) is 137 Å². The average Bonchev–Trinajstić information content (AvgIpc) is 2.64. The van der Waals surface area contributed by atoms with Crippen molar-refractivity contribution in [2.45, 2.75) is 26.8 Å². The Morgan fingerprint density at radius 2 is 2.07 bits per heavy atom. The molecule has 0 aromatic heterocycles. The van der Waals surface area contributed by atoms with Crippen LogP contribution in [0.15, 0.2) is 18.2 Å². The number of benzene rings is 1. The summed E-state index contributed by atoms with van der Waals surface area (Å²) in [4.78, 5) is 37.1. The normalized spacial score (nSPS) is 17.0. The third-order valence-corrected chi connectivity index (χ3v) is 4.19. The fraction of sp³-hybridized carbons (Fsp3) is 0.500. The Labute approximate surface area is 162 Å². The van der Waals surface area contributed by atoms with Crippen LogP contribution in [0.5, 0.6) is 0 Å². The number of rotatable bonds is 4. The number of carboxylic acid groups (broad SMARTS) is 1. The van der Waals surface area contributed by atoms with E-state index in [1.165, 1.54) is 12.1 Å². The lowest BCUT2D eigenvalue weighted by atomic mass is 9.98. The molecule has 0 radical (unpaired) electrons. The smallest absolute Gasteiger partial charge is 0.407 e. The molecule has 1 aromatic carbocycles. The summed E-state index contributed by atoms with van der Waals surface area (Å²) >= 11 is 0. The lowest BCUT2D eigenvalue weighted by Gasteiger charge is -2.40. The van der Waals surface area contributed by atoms with Crippen LogP contribution in [0.4, 0.5) is 16.2 Å². The van der Waals surface area contributed by atoms with Crippen molar-refractivity contribution in [3.05, 3.63) is 33.9 Å². The Balaban J connectivity index is 2.37. The number of nitro benzene ring substituents is 1. The summed E-state index contributed by atoms with van der Waals surface area (Å²) in [6.07, 6.45) is -1.16. The van der Waals surface area contributed by atoms with Crippen molar-refractivity contribution in [1.82, 2.24) is 4.90 Å². The van der Waals surface area contributed by atoms with Crippen molar-refractivity contribution < 1.29 is 24.4 Å². The zero-order chi connectivity index (χ0) is 21.1. The molecule has 1 aliphatic rings. The summed E-state index contributed by atoms with van der Waals surface area (Å²) < 4.78 is 5.37. The standard InChI is InChI=1S/C18H22N4O6/c1-18(2,3)11-28-16(23)15-10-20(17(24)25)6-7-21(15)14-5-4-13(22(26)27)8-12(14)9-19/h4-5,8,15H,6-7,10-11H2,1-3H3,(H,24,25). The Hall–Kier alpha value is -3.35. The van der Waals surface area contributed by atoms with Gasteiger partial charge < -0.3 is 19.6 Å². The molecule has 1 N–H and O–H groups in total. The Kier molecular flexibility index (Phi) is 6.08. The van der Waals surface area contributed by atoms with Crippen molar-refractivity contribution in [3.63, 3.8) is 0 Å². The van der Waals surface area contributed by atoms with Gasteiger partial charge in [0.25, 0.3) is 5.69 Å². The number of nitrogens with zero attached hydrogens (tertiary/aromatic N) is 4. The van der Waals surface area contributed by atoms with Gasteiger partial charge in [-0.05, 0) is 11.5 Å². The number of hydrogen-bond donors (Lipinski definition) is 1. The maximum absolute atomic E-state index is 12.7. The maximum atomic E-state index is 12.7. The molecule has 0 bridgehead atoms. The first kappa shape index (κ1) is 21.0. The van der Waals surface area contributed by atoms with Crippen LogP contribution in [0.2, 0.25) is 0 Å². The van der Waals surface area contributed by atoms with Gasteiger partial charge in [0.2, 0.25) is 0 Å². The number of amides is 1. The molecule has 2 rings (SSSR count). The van der Waals surface area contributed by atoms with Gasteiger partial charge in [-0.15, -0.1) is 0 Å². The molecule has 150 valence electrons. The first-order valence-corrected chi connectivity index (χ1v) is 8.63. The quantitative estimate of drug-likeness (QED) is 0.469. The Bertz CT molecular complexity index is 826. The van der Waals surface area contributed by atoms with Crippen LogP contribution in [0.3, 0.4) is 0 Å². The molecular formula is C18H22N4O6. The minimum Gasteiger partial charge on any atom is -0.465 e. The van der Waals surface area contributed by atoms with Gasteiger partial charge in [-0.1, -0.05) is 20.8 Å². The van der Waals surface area contributed by atoms with Gasteiger partial charge in [0.15, 0.2) is 0 Å². The van der Waals surface area contributed by atoms with Gasteiger partial charge in [-0.3, -0.25) is 10.1 Å². The number of nitro groups is 1. The molecule has 1 heterocycles. The van der Waals surface area contributed by atoms with Gasteiger partial charge in [-0.2, -0.15) is 5.26 Å². The second-order valence-electron chi connectivity index (χ2n) is 7.68. The van der Waals surface area contributed by atoms with Gasteiger partial charge >= 0.3 is 12.1 Å². The van der Waals surface area contributed by atoms with Crippen molar-refractivity contribution in [1.29, 1.82) is 5.26 Å². The van der Waals surface area contributed by atoms with E-state index in [0.717, 1.165) is 11.0 Å². The highest BCUT2D eigenvalue weighted by atomic mass is 16.6. The highest BCUT2D eigenvalue weighted by molar-refractivity contribution is 5.83. The van der Waals surface area contributed by atoms with E-state index >= 15 is 0 Å². The summed E-state index contributed by atoms with van der Waals surface area (Å²) in [6, 6.07) is 4.73.